The minimum atomic E-state index is -0.938. The summed E-state index contributed by atoms with van der Waals surface area (Å²) in [6.07, 6.45) is 0.995. The number of nitrogens with one attached hydrogen (secondary N) is 1. The monoisotopic (exact) mass is 340 g/mol. The zero-order chi connectivity index (χ0) is 16.9. The van der Waals surface area contributed by atoms with Crippen LogP contribution in [0.2, 0.25) is 0 Å². The van der Waals surface area contributed by atoms with Crippen molar-refractivity contribution >= 4 is 22.7 Å². The van der Waals surface area contributed by atoms with E-state index in [2.05, 4.69) is 15.5 Å². The molecule has 0 fully saturated rings. The molecule has 0 bridgehead atoms. The second-order valence-corrected chi connectivity index (χ2v) is 5.57. The highest BCUT2D eigenvalue weighted by Crippen LogP contribution is 2.24. The molecule has 7 heteroatoms. The summed E-state index contributed by atoms with van der Waals surface area (Å²) in [5, 5.41) is 14.9. The molecule has 24 heavy (non-hydrogen) atoms. The number of thiazole rings is 1. The SMILES string of the molecule is N#Cc1ccc(F)c(C=NNc2nc(-c3ccccc3)cs2)c1F. The van der Waals surface area contributed by atoms with E-state index in [9.17, 15) is 8.78 Å². The summed E-state index contributed by atoms with van der Waals surface area (Å²) in [7, 11) is 0. The number of anilines is 1. The summed E-state index contributed by atoms with van der Waals surface area (Å²) < 4.78 is 27.5. The number of hydrazone groups is 1. The summed E-state index contributed by atoms with van der Waals surface area (Å²) in [4.78, 5) is 4.34. The molecule has 0 radical (unpaired) electrons. The van der Waals surface area contributed by atoms with Gasteiger partial charge in [0, 0.05) is 10.9 Å². The first kappa shape index (κ1) is 15.8. The second-order valence-electron chi connectivity index (χ2n) is 4.71. The Balaban J connectivity index is 1.77. The van der Waals surface area contributed by atoms with Crippen molar-refractivity contribution < 1.29 is 8.78 Å². The highest BCUT2D eigenvalue weighted by atomic mass is 32.1. The second kappa shape index (κ2) is 6.98. The van der Waals surface area contributed by atoms with Crippen molar-refractivity contribution in [3.8, 4) is 17.3 Å². The molecule has 1 heterocycles. The van der Waals surface area contributed by atoms with Crippen molar-refractivity contribution in [3.63, 3.8) is 0 Å². The zero-order valence-corrected chi connectivity index (χ0v) is 13.0. The number of halogens is 2. The van der Waals surface area contributed by atoms with E-state index in [1.807, 2.05) is 35.7 Å². The van der Waals surface area contributed by atoms with Crippen LogP contribution in [-0.4, -0.2) is 11.2 Å². The topological polar surface area (TPSA) is 61.1 Å². The molecule has 3 rings (SSSR count). The van der Waals surface area contributed by atoms with E-state index in [0.29, 0.717) is 5.13 Å². The minimum absolute atomic E-state index is 0.238. The van der Waals surface area contributed by atoms with Gasteiger partial charge in [0.1, 0.15) is 11.9 Å². The van der Waals surface area contributed by atoms with E-state index < -0.39 is 11.6 Å². The molecule has 2 aromatic carbocycles. The fraction of sp³-hybridized carbons (Fsp3) is 0. The fourth-order valence-corrected chi connectivity index (χ4v) is 2.66. The molecule has 0 spiro atoms. The molecule has 0 atom stereocenters. The lowest BCUT2D eigenvalue weighted by molar-refractivity contribution is 0.577. The van der Waals surface area contributed by atoms with Crippen LogP contribution < -0.4 is 5.43 Å². The molecule has 4 nitrogen and oxygen atoms in total. The number of rotatable bonds is 4. The molecular formula is C17H10F2N4S. The number of hydrogen-bond donors (Lipinski definition) is 1. The molecule has 0 aliphatic rings. The summed E-state index contributed by atoms with van der Waals surface area (Å²) in [6.45, 7) is 0. The van der Waals surface area contributed by atoms with Crippen molar-refractivity contribution in [2.24, 2.45) is 5.10 Å². The maximum absolute atomic E-state index is 13.9. The predicted octanol–water partition coefficient (Wildman–Crippen LogP) is 4.41. The lowest BCUT2D eigenvalue weighted by atomic mass is 10.1. The van der Waals surface area contributed by atoms with Gasteiger partial charge in [-0.3, -0.25) is 5.43 Å². The van der Waals surface area contributed by atoms with E-state index in [-0.39, 0.29) is 11.1 Å². The Kier molecular flexibility index (Phi) is 4.59. The van der Waals surface area contributed by atoms with Gasteiger partial charge in [-0.15, -0.1) is 11.3 Å². The summed E-state index contributed by atoms with van der Waals surface area (Å²) in [5.41, 5.74) is 3.77. The van der Waals surface area contributed by atoms with Crippen molar-refractivity contribution in [1.29, 1.82) is 5.26 Å². The Morgan fingerprint density at radius 1 is 1.17 bits per heavy atom. The van der Waals surface area contributed by atoms with Crippen LogP contribution in [0.3, 0.4) is 0 Å². The summed E-state index contributed by atoms with van der Waals surface area (Å²) >= 11 is 1.32. The first-order valence-corrected chi connectivity index (χ1v) is 7.75. The molecule has 0 amide bonds. The first-order valence-electron chi connectivity index (χ1n) is 6.87. The van der Waals surface area contributed by atoms with Gasteiger partial charge in [0.05, 0.1) is 23.0 Å². The van der Waals surface area contributed by atoms with Gasteiger partial charge >= 0.3 is 0 Å². The Labute approximate surface area is 140 Å². The quantitative estimate of drug-likeness (QED) is 0.565. The number of aromatic nitrogens is 1. The van der Waals surface area contributed by atoms with Crippen LogP contribution in [0.5, 0.6) is 0 Å². The number of benzene rings is 2. The minimum Gasteiger partial charge on any atom is -0.253 e. The van der Waals surface area contributed by atoms with Crippen LogP contribution >= 0.6 is 11.3 Å². The van der Waals surface area contributed by atoms with Gasteiger partial charge in [0.25, 0.3) is 0 Å². The summed E-state index contributed by atoms with van der Waals surface area (Å²) in [5.74, 6) is -1.73. The maximum Gasteiger partial charge on any atom is 0.203 e. The third-order valence-corrected chi connectivity index (χ3v) is 3.92. The number of hydrogen-bond acceptors (Lipinski definition) is 5. The molecule has 0 aliphatic carbocycles. The van der Waals surface area contributed by atoms with Crippen LogP contribution in [-0.2, 0) is 0 Å². The molecule has 0 saturated carbocycles. The third kappa shape index (κ3) is 3.29. The van der Waals surface area contributed by atoms with E-state index in [1.165, 1.54) is 11.3 Å². The van der Waals surface area contributed by atoms with Gasteiger partial charge in [0.15, 0.2) is 5.82 Å². The lowest BCUT2D eigenvalue weighted by Crippen LogP contribution is -1.99. The molecule has 0 unspecified atom stereocenters. The van der Waals surface area contributed by atoms with Gasteiger partial charge in [-0.2, -0.15) is 10.4 Å². The maximum atomic E-state index is 13.9. The Morgan fingerprint density at radius 3 is 2.71 bits per heavy atom. The Morgan fingerprint density at radius 2 is 1.96 bits per heavy atom. The van der Waals surface area contributed by atoms with Crippen LogP contribution in [0, 0.1) is 23.0 Å². The van der Waals surface area contributed by atoms with Gasteiger partial charge in [-0.25, -0.2) is 13.8 Å². The fourth-order valence-electron chi connectivity index (χ4n) is 1.99. The largest absolute Gasteiger partial charge is 0.253 e. The van der Waals surface area contributed by atoms with E-state index >= 15 is 0 Å². The highest BCUT2D eigenvalue weighted by Gasteiger charge is 2.11. The molecule has 0 saturated heterocycles. The lowest BCUT2D eigenvalue weighted by Gasteiger charge is -2.00. The van der Waals surface area contributed by atoms with Gasteiger partial charge in [0.2, 0.25) is 5.13 Å². The third-order valence-electron chi connectivity index (χ3n) is 3.17. The Bertz CT molecular complexity index is 930. The number of nitrogens with zero attached hydrogens (tertiary/aromatic N) is 3. The normalized spacial score (nSPS) is 10.7. The van der Waals surface area contributed by atoms with Crippen molar-refractivity contribution in [1.82, 2.24) is 4.98 Å². The average molecular weight is 340 g/mol. The van der Waals surface area contributed by atoms with E-state index in [0.717, 1.165) is 29.6 Å². The van der Waals surface area contributed by atoms with Crippen molar-refractivity contribution in [2.45, 2.75) is 0 Å². The molecule has 0 aliphatic heterocycles. The van der Waals surface area contributed by atoms with Crippen molar-refractivity contribution in [3.05, 3.63) is 70.6 Å². The number of nitriles is 1. The highest BCUT2D eigenvalue weighted by molar-refractivity contribution is 7.14. The van der Waals surface area contributed by atoms with E-state index in [1.54, 1.807) is 6.07 Å². The zero-order valence-electron chi connectivity index (χ0n) is 12.2. The predicted molar refractivity (Wildman–Crippen MR) is 89.8 cm³/mol. The van der Waals surface area contributed by atoms with Crippen LogP contribution in [0.15, 0.2) is 52.9 Å². The molecule has 1 aromatic heterocycles. The molecule has 118 valence electrons. The Hall–Kier alpha value is -3.11. The smallest absolute Gasteiger partial charge is 0.203 e. The molecule has 3 aromatic rings. The van der Waals surface area contributed by atoms with Crippen LogP contribution in [0.4, 0.5) is 13.9 Å². The van der Waals surface area contributed by atoms with Crippen LogP contribution in [0.1, 0.15) is 11.1 Å². The standard InChI is InChI=1S/C17H10F2N4S/c18-14-7-6-12(8-20)16(19)13(14)9-21-23-17-22-15(10-24-17)11-4-2-1-3-5-11/h1-7,9-10H,(H,22,23). The van der Waals surface area contributed by atoms with Crippen molar-refractivity contribution in [2.75, 3.05) is 5.43 Å². The van der Waals surface area contributed by atoms with Crippen LogP contribution in [0.25, 0.3) is 11.3 Å². The van der Waals surface area contributed by atoms with Gasteiger partial charge in [-0.1, -0.05) is 30.3 Å². The molecular weight excluding hydrogens is 330 g/mol. The summed E-state index contributed by atoms with van der Waals surface area (Å²) in [6, 6.07) is 13.4. The van der Waals surface area contributed by atoms with Gasteiger partial charge in [-0.05, 0) is 12.1 Å². The first-order chi connectivity index (χ1) is 11.7. The van der Waals surface area contributed by atoms with E-state index in [4.69, 9.17) is 5.26 Å². The average Bonchev–Trinajstić information content (AvgIpc) is 3.08. The molecule has 1 N–H and O–H groups in total. The van der Waals surface area contributed by atoms with Gasteiger partial charge < -0.3 is 0 Å².